The maximum Gasteiger partial charge on any atom is 0.0740 e. The number of nitriles is 1. The van der Waals surface area contributed by atoms with E-state index in [1.165, 1.54) is 12.8 Å². The normalized spacial score (nSPS) is 29.4. The van der Waals surface area contributed by atoms with Crippen LogP contribution in [-0.2, 0) is 4.74 Å². The van der Waals surface area contributed by atoms with Gasteiger partial charge in [0.25, 0.3) is 0 Å². The van der Waals surface area contributed by atoms with Gasteiger partial charge >= 0.3 is 0 Å². The summed E-state index contributed by atoms with van der Waals surface area (Å²) >= 11 is 0. The van der Waals surface area contributed by atoms with Gasteiger partial charge in [-0.3, -0.25) is 0 Å². The molecule has 2 nitrogen and oxygen atoms in total. The predicted molar refractivity (Wildman–Crippen MR) is 75.1 cm³/mol. The lowest BCUT2D eigenvalue weighted by Gasteiger charge is -2.41. The van der Waals surface area contributed by atoms with Crippen molar-refractivity contribution in [1.82, 2.24) is 0 Å². The summed E-state index contributed by atoms with van der Waals surface area (Å²) in [4.78, 5) is 0. The zero-order valence-corrected chi connectivity index (χ0v) is 12.3. The van der Waals surface area contributed by atoms with Gasteiger partial charge in [0, 0.05) is 0 Å². The van der Waals surface area contributed by atoms with Gasteiger partial charge in [-0.25, -0.2) is 0 Å². The third-order valence-electron chi connectivity index (χ3n) is 4.62. The van der Waals surface area contributed by atoms with E-state index in [4.69, 9.17) is 4.74 Å². The monoisotopic (exact) mass is 249 g/mol. The van der Waals surface area contributed by atoms with Crippen LogP contribution in [0.5, 0.6) is 0 Å². The van der Waals surface area contributed by atoms with E-state index in [1.54, 1.807) is 0 Å². The maximum atomic E-state index is 9.22. The van der Waals surface area contributed by atoms with Crippen LogP contribution in [0.2, 0.25) is 0 Å². The van der Waals surface area contributed by atoms with Crippen LogP contribution in [0, 0.1) is 28.6 Å². The Morgan fingerprint density at radius 3 is 2.67 bits per heavy atom. The minimum Gasteiger partial charge on any atom is -0.373 e. The summed E-state index contributed by atoms with van der Waals surface area (Å²) in [6.45, 7) is 9.57. The van der Waals surface area contributed by atoms with Crippen LogP contribution in [0.4, 0.5) is 0 Å². The molecule has 102 valence electrons. The summed E-state index contributed by atoms with van der Waals surface area (Å²) in [6, 6.07) is 2.42. The minimum absolute atomic E-state index is 0.0826. The Balaban J connectivity index is 2.63. The lowest BCUT2D eigenvalue weighted by atomic mass is 9.67. The molecular weight excluding hydrogens is 222 g/mol. The maximum absolute atomic E-state index is 9.22. The molecule has 1 aliphatic carbocycles. The number of allylic oxidation sites excluding steroid dienone is 1. The summed E-state index contributed by atoms with van der Waals surface area (Å²) in [5.41, 5.74) is 0.364. The van der Waals surface area contributed by atoms with E-state index in [0.717, 1.165) is 12.8 Å². The van der Waals surface area contributed by atoms with E-state index in [1.807, 2.05) is 19.1 Å². The highest BCUT2D eigenvalue weighted by Gasteiger charge is 2.37. The van der Waals surface area contributed by atoms with Gasteiger partial charge in [-0.15, -0.1) is 0 Å². The average molecular weight is 249 g/mol. The molecule has 1 saturated carbocycles. The molecule has 0 aromatic carbocycles. The first-order valence-electron chi connectivity index (χ1n) is 7.17. The standard InChI is InChI=1S/C16H27NO/c1-5-7-10-18-15-11-14(16(3,4)6-2)9-8-13(15)12-17/h5,7,13-15H,6,8-11H2,1-4H3. The first-order chi connectivity index (χ1) is 8.55. The first kappa shape index (κ1) is 15.2. The molecule has 1 aliphatic rings. The van der Waals surface area contributed by atoms with Crippen molar-refractivity contribution < 1.29 is 4.74 Å². The van der Waals surface area contributed by atoms with Crippen molar-refractivity contribution in [3.05, 3.63) is 12.2 Å². The first-order valence-corrected chi connectivity index (χ1v) is 7.17. The van der Waals surface area contributed by atoms with Gasteiger partial charge in [0.05, 0.1) is 24.7 Å². The fourth-order valence-corrected chi connectivity index (χ4v) is 2.73. The Kier molecular flexibility index (Phi) is 5.88. The second-order valence-corrected chi connectivity index (χ2v) is 6.03. The molecule has 0 N–H and O–H groups in total. The van der Waals surface area contributed by atoms with Crippen LogP contribution in [0.15, 0.2) is 12.2 Å². The van der Waals surface area contributed by atoms with Crippen LogP contribution in [-0.4, -0.2) is 12.7 Å². The Morgan fingerprint density at radius 1 is 1.39 bits per heavy atom. The smallest absolute Gasteiger partial charge is 0.0740 e. The van der Waals surface area contributed by atoms with E-state index in [9.17, 15) is 5.26 Å². The lowest BCUT2D eigenvalue weighted by Crippen LogP contribution is -2.37. The quantitative estimate of drug-likeness (QED) is 0.680. The Hall–Kier alpha value is -0.810. The third kappa shape index (κ3) is 3.85. The Morgan fingerprint density at radius 2 is 2.11 bits per heavy atom. The third-order valence-corrected chi connectivity index (χ3v) is 4.62. The van der Waals surface area contributed by atoms with Crippen molar-refractivity contribution in [3.63, 3.8) is 0 Å². The number of nitrogens with zero attached hydrogens (tertiary/aromatic N) is 1. The summed E-state index contributed by atoms with van der Waals surface area (Å²) in [5.74, 6) is 0.766. The highest BCUT2D eigenvalue weighted by molar-refractivity contribution is 4.97. The van der Waals surface area contributed by atoms with Crippen molar-refractivity contribution in [2.24, 2.45) is 17.3 Å². The SMILES string of the molecule is CC=CCOC1CC(C(C)(C)CC)CCC1C#N. The molecule has 0 saturated heterocycles. The number of ether oxygens (including phenoxy) is 1. The van der Waals surface area contributed by atoms with Crippen LogP contribution in [0.25, 0.3) is 0 Å². The van der Waals surface area contributed by atoms with Gasteiger partial charge < -0.3 is 4.74 Å². The summed E-state index contributed by atoms with van der Waals surface area (Å²) in [6.07, 6.45) is 8.53. The molecule has 3 atom stereocenters. The Bertz CT molecular complexity index is 314. The summed E-state index contributed by atoms with van der Waals surface area (Å²) < 4.78 is 5.89. The fourth-order valence-electron chi connectivity index (χ4n) is 2.73. The summed E-state index contributed by atoms with van der Waals surface area (Å²) in [5, 5.41) is 9.22. The van der Waals surface area contributed by atoms with Gasteiger partial charge in [-0.2, -0.15) is 5.26 Å². The molecule has 2 heteroatoms. The van der Waals surface area contributed by atoms with E-state index in [-0.39, 0.29) is 12.0 Å². The molecule has 1 fully saturated rings. The van der Waals surface area contributed by atoms with Crippen LogP contribution >= 0.6 is 0 Å². The second kappa shape index (κ2) is 6.95. The van der Waals surface area contributed by atoms with Crippen molar-refractivity contribution >= 4 is 0 Å². The van der Waals surface area contributed by atoms with Gasteiger partial charge in [0.15, 0.2) is 0 Å². The van der Waals surface area contributed by atoms with Crippen molar-refractivity contribution in [3.8, 4) is 6.07 Å². The molecule has 0 aromatic heterocycles. The largest absolute Gasteiger partial charge is 0.373 e. The number of rotatable bonds is 5. The molecule has 0 amide bonds. The Labute approximate surface area is 112 Å². The predicted octanol–water partition coefficient (Wildman–Crippen LogP) is 4.32. The average Bonchev–Trinajstić information content (AvgIpc) is 2.39. The van der Waals surface area contributed by atoms with Gasteiger partial charge in [0.2, 0.25) is 0 Å². The lowest BCUT2D eigenvalue weighted by molar-refractivity contribution is -0.0200. The molecule has 1 rings (SSSR count). The fraction of sp³-hybridized carbons (Fsp3) is 0.812. The molecule has 0 aromatic rings. The van der Waals surface area contributed by atoms with Crippen molar-refractivity contribution in [2.45, 2.75) is 59.5 Å². The zero-order chi connectivity index (χ0) is 13.6. The highest BCUT2D eigenvalue weighted by Crippen LogP contribution is 2.42. The molecular formula is C16H27NO. The zero-order valence-electron chi connectivity index (χ0n) is 12.3. The van der Waals surface area contributed by atoms with Crippen molar-refractivity contribution in [1.29, 1.82) is 5.26 Å². The van der Waals surface area contributed by atoms with Crippen LogP contribution in [0.3, 0.4) is 0 Å². The van der Waals surface area contributed by atoms with Gasteiger partial charge in [0.1, 0.15) is 0 Å². The highest BCUT2D eigenvalue weighted by atomic mass is 16.5. The minimum atomic E-state index is 0.0826. The van der Waals surface area contributed by atoms with Gasteiger partial charge in [-0.1, -0.05) is 39.3 Å². The molecule has 0 heterocycles. The molecule has 0 bridgehead atoms. The van der Waals surface area contributed by atoms with Crippen LogP contribution in [0.1, 0.15) is 53.4 Å². The van der Waals surface area contributed by atoms with E-state index >= 15 is 0 Å². The summed E-state index contributed by atoms with van der Waals surface area (Å²) in [7, 11) is 0. The van der Waals surface area contributed by atoms with E-state index in [2.05, 4.69) is 26.8 Å². The molecule has 0 aliphatic heterocycles. The molecule has 3 unspecified atom stereocenters. The van der Waals surface area contributed by atoms with Crippen molar-refractivity contribution in [2.75, 3.05) is 6.61 Å². The molecule has 18 heavy (non-hydrogen) atoms. The van der Waals surface area contributed by atoms with Crippen LogP contribution < -0.4 is 0 Å². The second-order valence-electron chi connectivity index (χ2n) is 6.03. The van der Waals surface area contributed by atoms with Gasteiger partial charge in [-0.05, 0) is 37.5 Å². The topological polar surface area (TPSA) is 33.0 Å². The molecule has 0 radical (unpaired) electrons. The molecule has 0 spiro atoms. The number of hydrogen-bond acceptors (Lipinski definition) is 2. The van der Waals surface area contributed by atoms with E-state index < -0.39 is 0 Å². The van der Waals surface area contributed by atoms with E-state index in [0.29, 0.717) is 17.9 Å². The number of hydrogen-bond donors (Lipinski definition) is 0.